The first-order valence-corrected chi connectivity index (χ1v) is 10.5. The third kappa shape index (κ3) is 5.03. The van der Waals surface area contributed by atoms with Gasteiger partial charge in [-0.2, -0.15) is 4.98 Å². The van der Waals surface area contributed by atoms with E-state index in [1.54, 1.807) is 0 Å². The van der Waals surface area contributed by atoms with Crippen molar-refractivity contribution in [2.45, 2.75) is 39.2 Å². The third-order valence-electron chi connectivity index (χ3n) is 5.44. The second kappa shape index (κ2) is 9.08. The molecule has 0 bridgehead atoms. The van der Waals surface area contributed by atoms with Crippen molar-refractivity contribution in [2.75, 3.05) is 13.1 Å². The van der Waals surface area contributed by atoms with Gasteiger partial charge in [0.05, 0.1) is 6.42 Å². The minimum Gasteiger partial charge on any atom is -0.474 e. The van der Waals surface area contributed by atoms with E-state index in [0.717, 1.165) is 29.9 Å². The SMILES string of the molecule is Cc1cc(OC2CCN(C(=O)Cc3ccc(-c4ccccc4)cc3)CC2)nc(C)n1. The summed E-state index contributed by atoms with van der Waals surface area (Å²) in [7, 11) is 0. The molecule has 0 atom stereocenters. The molecule has 30 heavy (non-hydrogen) atoms. The number of hydrogen-bond donors (Lipinski definition) is 0. The lowest BCUT2D eigenvalue weighted by molar-refractivity contribution is -0.132. The van der Waals surface area contributed by atoms with E-state index >= 15 is 0 Å². The van der Waals surface area contributed by atoms with Crippen molar-refractivity contribution in [2.24, 2.45) is 0 Å². The molecule has 4 rings (SSSR count). The maximum atomic E-state index is 12.7. The molecule has 0 radical (unpaired) electrons. The molecule has 2 heterocycles. The van der Waals surface area contributed by atoms with Gasteiger partial charge in [-0.3, -0.25) is 4.79 Å². The number of aryl methyl sites for hydroxylation is 2. The van der Waals surface area contributed by atoms with Crippen LogP contribution in [0.2, 0.25) is 0 Å². The van der Waals surface area contributed by atoms with E-state index in [4.69, 9.17) is 4.74 Å². The van der Waals surface area contributed by atoms with Crippen LogP contribution < -0.4 is 4.74 Å². The smallest absolute Gasteiger partial charge is 0.226 e. The van der Waals surface area contributed by atoms with E-state index in [1.165, 1.54) is 11.1 Å². The predicted molar refractivity (Wildman–Crippen MR) is 117 cm³/mol. The molecule has 0 N–H and O–H groups in total. The van der Waals surface area contributed by atoms with Crippen LogP contribution in [0.4, 0.5) is 0 Å². The average Bonchev–Trinajstić information content (AvgIpc) is 2.75. The quantitative estimate of drug-likeness (QED) is 0.637. The Bertz CT molecular complexity index is 974. The summed E-state index contributed by atoms with van der Waals surface area (Å²) in [4.78, 5) is 23.3. The second-order valence-corrected chi connectivity index (χ2v) is 7.83. The Morgan fingerprint density at radius 3 is 2.30 bits per heavy atom. The fourth-order valence-electron chi connectivity index (χ4n) is 3.87. The van der Waals surface area contributed by atoms with Crippen LogP contribution in [0.3, 0.4) is 0 Å². The van der Waals surface area contributed by atoms with Crippen LogP contribution in [-0.2, 0) is 11.2 Å². The number of aromatic nitrogens is 2. The van der Waals surface area contributed by atoms with E-state index in [0.29, 0.717) is 25.4 Å². The van der Waals surface area contributed by atoms with Crippen LogP contribution >= 0.6 is 0 Å². The molecule has 5 heteroatoms. The standard InChI is InChI=1S/C25H27N3O2/c1-18-16-24(27-19(2)26-18)30-23-12-14-28(15-13-23)25(29)17-20-8-10-22(11-9-20)21-6-4-3-5-7-21/h3-11,16,23H,12-15,17H2,1-2H3. The van der Waals surface area contributed by atoms with Crippen molar-refractivity contribution in [3.05, 3.63) is 77.7 Å². The highest BCUT2D eigenvalue weighted by atomic mass is 16.5. The lowest BCUT2D eigenvalue weighted by atomic mass is 10.0. The number of ether oxygens (including phenoxy) is 1. The van der Waals surface area contributed by atoms with Gasteiger partial charge < -0.3 is 9.64 Å². The maximum Gasteiger partial charge on any atom is 0.226 e. The number of amides is 1. The zero-order chi connectivity index (χ0) is 20.9. The van der Waals surface area contributed by atoms with Crippen LogP contribution in [-0.4, -0.2) is 40.0 Å². The van der Waals surface area contributed by atoms with E-state index in [-0.39, 0.29) is 12.0 Å². The minimum absolute atomic E-state index is 0.0907. The summed E-state index contributed by atoms with van der Waals surface area (Å²) in [5.41, 5.74) is 4.31. The molecule has 1 aromatic heterocycles. The van der Waals surface area contributed by atoms with Crippen molar-refractivity contribution in [3.63, 3.8) is 0 Å². The molecule has 0 spiro atoms. The summed E-state index contributed by atoms with van der Waals surface area (Å²) in [6.07, 6.45) is 2.17. The van der Waals surface area contributed by atoms with Gasteiger partial charge in [0, 0.05) is 37.7 Å². The molecule has 1 saturated heterocycles. The summed E-state index contributed by atoms with van der Waals surface area (Å²) < 4.78 is 6.03. The highest BCUT2D eigenvalue weighted by Gasteiger charge is 2.24. The Balaban J connectivity index is 1.29. The first-order chi connectivity index (χ1) is 14.6. The van der Waals surface area contributed by atoms with Gasteiger partial charge >= 0.3 is 0 Å². The zero-order valence-electron chi connectivity index (χ0n) is 17.5. The van der Waals surface area contributed by atoms with Crippen LogP contribution in [0, 0.1) is 13.8 Å². The number of carbonyl (C=O) groups is 1. The molecule has 5 nitrogen and oxygen atoms in total. The average molecular weight is 402 g/mol. The Hall–Kier alpha value is -3.21. The number of rotatable bonds is 5. The van der Waals surface area contributed by atoms with Crippen molar-refractivity contribution >= 4 is 5.91 Å². The topological polar surface area (TPSA) is 55.3 Å². The Morgan fingerprint density at radius 2 is 1.63 bits per heavy atom. The summed E-state index contributed by atoms with van der Waals surface area (Å²) in [6.45, 7) is 5.24. The summed E-state index contributed by atoms with van der Waals surface area (Å²) in [5, 5.41) is 0. The highest BCUT2D eigenvalue weighted by Crippen LogP contribution is 2.21. The minimum atomic E-state index is 0.0907. The summed E-state index contributed by atoms with van der Waals surface area (Å²) in [5.74, 6) is 1.52. The van der Waals surface area contributed by atoms with Gasteiger partial charge in [-0.25, -0.2) is 4.98 Å². The fourth-order valence-corrected chi connectivity index (χ4v) is 3.87. The molecular formula is C25H27N3O2. The van der Waals surface area contributed by atoms with Crippen molar-refractivity contribution in [1.82, 2.24) is 14.9 Å². The van der Waals surface area contributed by atoms with Crippen LogP contribution in [0.25, 0.3) is 11.1 Å². The van der Waals surface area contributed by atoms with Crippen LogP contribution in [0.1, 0.15) is 29.9 Å². The van der Waals surface area contributed by atoms with Crippen molar-refractivity contribution < 1.29 is 9.53 Å². The molecule has 1 aliphatic rings. The van der Waals surface area contributed by atoms with Gasteiger partial charge in [-0.15, -0.1) is 0 Å². The molecule has 1 amide bonds. The monoisotopic (exact) mass is 401 g/mol. The van der Waals surface area contributed by atoms with Gasteiger partial charge in [0.2, 0.25) is 11.8 Å². The van der Waals surface area contributed by atoms with E-state index in [2.05, 4.69) is 46.4 Å². The van der Waals surface area contributed by atoms with E-state index < -0.39 is 0 Å². The second-order valence-electron chi connectivity index (χ2n) is 7.83. The molecule has 0 unspecified atom stereocenters. The molecule has 2 aromatic carbocycles. The molecule has 1 fully saturated rings. The molecule has 1 aliphatic heterocycles. The van der Waals surface area contributed by atoms with E-state index in [9.17, 15) is 4.79 Å². The number of piperidine rings is 1. The van der Waals surface area contributed by atoms with Gasteiger partial charge in [-0.1, -0.05) is 54.6 Å². The molecule has 3 aromatic rings. The number of hydrogen-bond acceptors (Lipinski definition) is 4. The molecule has 0 saturated carbocycles. The fraction of sp³-hybridized carbons (Fsp3) is 0.320. The number of carbonyl (C=O) groups excluding carboxylic acids is 1. The summed E-state index contributed by atoms with van der Waals surface area (Å²) >= 11 is 0. The Kier molecular flexibility index (Phi) is 6.07. The largest absolute Gasteiger partial charge is 0.474 e. The normalized spacial score (nSPS) is 14.5. The first kappa shape index (κ1) is 20.1. The van der Waals surface area contributed by atoms with Crippen LogP contribution in [0.5, 0.6) is 5.88 Å². The maximum absolute atomic E-state index is 12.7. The molecule has 154 valence electrons. The van der Waals surface area contributed by atoms with Crippen LogP contribution in [0.15, 0.2) is 60.7 Å². The number of benzene rings is 2. The zero-order valence-corrected chi connectivity index (χ0v) is 17.5. The number of nitrogens with zero attached hydrogens (tertiary/aromatic N) is 3. The van der Waals surface area contributed by atoms with Gasteiger partial charge in [-0.05, 0) is 30.5 Å². The summed E-state index contributed by atoms with van der Waals surface area (Å²) in [6, 6.07) is 20.4. The third-order valence-corrected chi connectivity index (χ3v) is 5.44. The van der Waals surface area contributed by atoms with Gasteiger partial charge in [0.15, 0.2) is 0 Å². The Labute approximate surface area is 177 Å². The number of likely N-dealkylation sites (tertiary alicyclic amines) is 1. The van der Waals surface area contributed by atoms with Gasteiger partial charge in [0.25, 0.3) is 0 Å². The highest BCUT2D eigenvalue weighted by molar-refractivity contribution is 5.79. The first-order valence-electron chi connectivity index (χ1n) is 10.5. The van der Waals surface area contributed by atoms with Gasteiger partial charge in [0.1, 0.15) is 11.9 Å². The predicted octanol–water partition coefficient (Wildman–Crippen LogP) is 4.37. The lowest BCUT2D eigenvalue weighted by Crippen LogP contribution is -2.42. The lowest BCUT2D eigenvalue weighted by Gasteiger charge is -2.32. The van der Waals surface area contributed by atoms with Crippen molar-refractivity contribution in [3.8, 4) is 17.0 Å². The van der Waals surface area contributed by atoms with E-state index in [1.807, 2.05) is 43.0 Å². The Morgan fingerprint density at radius 1 is 0.967 bits per heavy atom. The molecule has 0 aliphatic carbocycles. The van der Waals surface area contributed by atoms with Crippen molar-refractivity contribution in [1.29, 1.82) is 0 Å². The molecular weight excluding hydrogens is 374 g/mol.